The number of carbonyl (C=O) groups excluding carboxylic acids is 1. The highest BCUT2D eigenvalue weighted by molar-refractivity contribution is 7.11. The van der Waals surface area contributed by atoms with Crippen molar-refractivity contribution < 1.29 is 4.79 Å². The van der Waals surface area contributed by atoms with E-state index in [1.54, 1.807) is 22.7 Å². The van der Waals surface area contributed by atoms with E-state index in [0.717, 1.165) is 15.6 Å². The summed E-state index contributed by atoms with van der Waals surface area (Å²) in [5, 5.41) is 9.23. The quantitative estimate of drug-likeness (QED) is 0.859. The zero-order chi connectivity index (χ0) is 15.5. The fourth-order valence-corrected chi connectivity index (χ4v) is 3.42. The Bertz CT molecular complexity index is 583. The lowest BCUT2D eigenvalue weighted by Gasteiger charge is -2.23. The van der Waals surface area contributed by atoms with Crippen molar-refractivity contribution in [2.75, 3.05) is 6.54 Å². The van der Waals surface area contributed by atoms with Gasteiger partial charge in [0.2, 0.25) is 5.91 Å². The molecule has 2 heterocycles. The molecule has 4 nitrogen and oxygen atoms in total. The molecule has 0 aliphatic carbocycles. The molecule has 21 heavy (non-hydrogen) atoms. The maximum atomic E-state index is 11.9. The van der Waals surface area contributed by atoms with E-state index in [2.05, 4.69) is 36.4 Å². The zero-order valence-electron chi connectivity index (χ0n) is 12.8. The first-order valence-electron chi connectivity index (χ1n) is 6.87. The molecule has 1 amide bonds. The molecule has 0 aliphatic heterocycles. The molecule has 2 N–H and O–H groups in total. The molecular formula is C15H21N3OS2. The van der Waals surface area contributed by atoms with E-state index >= 15 is 0 Å². The van der Waals surface area contributed by atoms with E-state index in [1.165, 1.54) is 4.88 Å². The standard InChI is InChI=1S/C15H21N3OS2/c1-10-11(2)21-14(18-10)15(3,4)17-9-13(19)16-8-12-6-5-7-20-12/h5-7,17H,8-9H2,1-4H3,(H,16,19). The summed E-state index contributed by atoms with van der Waals surface area (Å²) in [6.07, 6.45) is 0. The molecule has 0 bridgehead atoms. The van der Waals surface area contributed by atoms with Crippen molar-refractivity contribution in [1.29, 1.82) is 0 Å². The maximum absolute atomic E-state index is 11.9. The van der Waals surface area contributed by atoms with Crippen LogP contribution >= 0.6 is 22.7 Å². The van der Waals surface area contributed by atoms with Gasteiger partial charge in [0, 0.05) is 9.75 Å². The van der Waals surface area contributed by atoms with E-state index in [-0.39, 0.29) is 18.0 Å². The van der Waals surface area contributed by atoms with E-state index < -0.39 is 0 Å². The van der Waals surface area contributed by atoms with Crippen LogP contribution in [0.5, 0.6) is 0 Å². The van der Waals surface area contributed by atoms with Crippen LogP contribution in [0.2, 0.25) is 0 Å². The van der Waals surface area contributed by atoms with Crippen molar-refractivity contribution >= 4 is 28.6 Å². The first-order valence-corrected chi connectivity index (χ1v) is 8.57. The number of carbonyl (C=O) groups is 1. The molecule has 0 aromatic carbocycles. The van der Waals surface area contributed by atoms with Gasteiger partial charge in [0.05, 0.1) is 24.3 Å². The Morgan fingerprint density at radius 3 is 2.71 bits per heavy atom. The lowest BCUT2D eigenvalue weighted by molar-refractivity contribution is -0.120. The minimum Gasteiger partial charge on any atom is -0.350 e. The minimum atomic E-state index is -0.302. The molecule has 0 spiro atoms. The van der Waals surface area contributed by atoms with Crippen LogP contribution in [-0.4, -0.2) is 17.4 Å². The lowest BCUT2D eigenvalue weighted by Crippen LogP contribution is -2.43. The molecule has 0 saturated carbocycles. The summed E-state index contributed by atoms with van der Waals surface area (Å²) in [6, 6.07) is 4.00. The minimum absolute atomic E-state index is 0.00137. The highest BCUT2D eigenvalue weighted by Gasteiger charge is 2.25. The summed E-state index contributed by atoms with van der Waals surface area (Å²) < 4.78 is 0. The third-order valence-electron chi connectivity index (χ3n) is 3.29. The Balaban J connectivity index is 1.84. The van der Waals surface area contributed by atoms with Crippen molar-refractivity contribution in [3.8, 4) is 0 Å². The Labute approximate surface area is 133 Å². The van der Waals surface area contributed by atoms with Crippen LogP contribution in [-0.2, 0) is 16.9 Å². The lowest BCUT2D eigenvalue weighted by atomic mass is 10.1. The number of hydrogen-bond acceptors (Lipinski definition) is 5. The van der Waals surface area contributed by atoms with Gasteiger partial charge in [0.1, 0.15) is 5.01 Å². The number of rotatable bonds is 6. The highest BCUT2D eigenvalue weighted by atomic mass is 32.1. The molecular weight excluding hydrogens is 302 g/mol. The van der Waals surface area contributed by atoms with Gasteiger partial charge in [-0.05, 0) is 39.1 Å². The zero-order valence-corrected chi connectivity index (χ0v) is 14.5. The number of aryl methyl sites for hydroxylation is 2. The second-order valence-electron chi connectivity index (χ2n) is 5.50. The van der Waals surface area contributed by atoms with Crippen molar-refractivity contribution in [2.45, 2.75) is 39.8 Å². The van der Waals surface area contributed by atoms with Gasteiger partial charge in [0.15, 0.2) is 0 Å². The van der Waals surface area contributed by atoms with Crippen LogP contribution in [0.3, 0.4) is 0 Å². The second kappa shape index (κ2) is 6.68. The molecule has 0 atom stereocenters. The second-order valence-corrected chi connectivity index (χ2v) is 7.73. The molecule has 0 fully saturated rings. The van der Waals surface area contributed by atoms with Crippen molar-refractivity contribution in [3.05, 3.63) is 38.0 Å². The number of aromatic nitrogens is 1. The topological polar surface area (TPSA) is 54.0 Å². The number of thiophene rings is 1. The average molecular weight is 323 g/mol. The van der Waals surface area contributed by atoms with Gasteiger partial charge in [-0.25, -0.2) is 4.98 Å². The molecule has 0 aliphatic rings. The summed E-state index contributed by atoms with van der Waals surface area (Å²) in [6.45, 7) is 9.07. The van der Waals surface area contributed by atoms with Crippen LogP contribution in [0.1, 0.15) is 34.3 Å². The van der Waals surface area contributed by atoms with Gasteiger partial charge < -0.3 is 5.32 Å². The largest absolute Gasteiger partial charge is 0.350 e. The Morgan fingerprint density at radius 1 is 1.38 bits per heavy atom. The molecule has 2 rings (SSSR count). The fourth-order valence-electron chi connectivity index (χ4n) is 1.78. The number of thiazole rings is 1. The Hall–Kier alpha value is -1.24. The normalized spacial score (nSPS) is 11.6. The van der Waals surface area contributed by atoms with Crippen LogP contribution < -0.4 is 10.6 Å². The predicted octanol–water partition coefficient (Wildman–Crippen LogP) is 2.96. The van der Waals surface area contributed by atoms with Gasteiger partial charge in [-0.2, -0.15) is 0 Å². The first kappa shape index (κ1) is 16.1. The summed E-state index contributed by atoms with van der Waals surface area (Å²) in [4.78, 5) is 18.9. The van der Waals surface area contributed by atoms with Gasteiger partial charge in [-0.3, -0.25) is 10.1 Å². The molecule has 2 aromatic heterocycles. The molecule has 0 radical (unpaired) electrons. The number of hydrogen-bond donors (Lipinski definition) is 2. The fraction of sp³-hybridized carbons (Fsp3) is 0.467. The van der Waals surface area contributed by atoms with Crippen LogP contribution in [0.4, 0.5) is 0 Å². The molecule has 2 aromatic rings. The number of amides is 1. The van der Waals surface area contributed by atoms with Crippen LogP contribution in [0, 0.1) is 13.8 Å². The van der Waals surface area contributed by atoms with Gasteiger partial charge in [0.25, 0.3) is 0 Å². The van der Waals surface area contributed by atoms with Crippen LogP contribution in [0.15, 0.2) is 17.5 Å². The van der Waals surface area contributed by atoms with Crippen LogP contribution in [0.25, 0.3) is 0 Å². The number of nitrogens with one attached hydrogen (secondary N) is 2. The first-order chi connectivity index (χ1) is 9.88. The molecule has 0 saturated heterocycles. The van der Waals surface area contributed by atoms with Gasteiger partial charge in [-0.1, -0.05) is 6.07 Å². The smallest absolute Gasteiger partial charge is 0.234 e. The molecule has 0 unspecified atom stereocenters. The van der Waals surface area contributed by atoms with Gasteiger partial charge >= 0.3 is 0 Å². The third kappa shape index (κ3) is 4.36. The average Bonchev–Trinajstić information content (AvgIpc) is 3.05. The maximum Gasteiger partial charge on any atom is 0.234 e. The SMILES string of the molecule is Cc1nc(C(C)(C)NCC(=O)NCc2cccs2)sc1C. The summed E-state index contributed by atoms with van der Waals surface area (Å²) in [5.41, 5.74) is 0.760. The summed E-state index contributed by atoms with van der Waals surface area (Å²) in [7, 11) is 0. The number of nitrogens with zero attached hydrogens (tertiary/aromatic N) is 1. The van der Waals surface area contributed by atoms with Crippen molar-refractivity contribution in [1.82, 2.24) is 15.6 Å². The Morgan fingerprint density at radius 2 is 2.14 bits per heavy atom. The van der Waals surface area contributed by atoms with E-state index in [4.69, 9.17) is 0 Å². The monoisotopic (exact) mass is 323 g/mol. The van der Waals surface area contributed by atoms with Crippen molar-refractivity contribution in [3.63, 3.8) is 0 Å². The summed E-state index contributed by atoms with van der Waals surface area (Å²) in [5.74, 6) is 0.00137. The predicted molar refractivity (Wildman–Crippen MR) is 88.8 cm³/mol. The van der Waals surface area contributed by atoms with Gasteiger partial charge in [-0.15, -0.1) is 22.7 Å². The van der Waals surface area contributed by atoms with Crippen molar-refractivity contribution in [2.24, 2.45) is 0 Å². The van der Waals surface area contributed by atoms with E-state index in [9.17, 15) is 4.79 Å². The highest BCUT2D eigenvalue weighted by Crippen LogP contribution is 2.26. The Kier molecular flexibility index (Phi) is 5.13. The van der Waals surface area contributed by atoms with E-state index in [0.29, 0.717) is 6.54 Å². The molecule has 6 heteroatoms. The summed E-state index contributed by atoms with van der Waals surface area (Å²) >= 11 is 3.33. The van der Waals surface area contributed by atoms with E-state index in [1.807, 2.05) is 24.4 Å². The molecule has 114 valence electrons. The third-order valence-corrected chi connectivity index (χ3v) is 5.57.